The minimum Gasteiger partial charge on any atom is -0.468 e. The molecule has 0 unspecified atom stereocenters. The van der Waals surface area contributed by atoms with Crippen molar-refractivity contribution in [1.29, 1.82) is 0 Å². The first-order valence-corrected chi connectivity index (χ1v) is 15.7. The van der Waals surface area contributed by atoms with Crippen molar-refractivity contribution in [3.63, 3.8) is 0 Å². The summed E-state index contributed by atoms with van der Waals surface area (Å²) >= 11 is 0. The predicted octanol–water partition coefficient (Wildman–Crippen LogP) is 6.59. The molecule has 3 aromatic rings. The molecule has 1 amide bonds. The van der Waals surface area contributed by atoms with Gasteiger partial charge in [0.25, 0.3) is 5.91 Å². The highest BCUT2D eigenvalue weighted by Crippen LogP contribution is 2.24. The van der Waals surface area contributed by atoms with Crippen LogP contribution in [-0.4, -0.2) is 71.7 Å². The lowest BCUT2D eigenvalue weighted by atomic mass is 10.00. The quantitative estimate of drug-likeness (QED) is 0.126. The van der Waals surface area contributed by atoms with Crippen molar-refractivity contribution in [2.24, 2.45) is 0 Å². The van der Waals surface area contributed by atoms with Crippen molar-refractivity contribution < 1.29 is 19.1 Å². The fourth-order valence-corrected chi connectivity index (χ4v) is 5.41. The summed E-state index contributed by atoms with van der Waals surface area (Å²) in [6, 6.07) is 13.6. The van der Waals surface area contributed by atoms with Gasteiger partial charge in [-0.3, -0.25) is 14.4 Å². The highest BCUT2D eigenvalue weighted by Gasteiger charge is 2.22. The van der Waals surface area contributed by atoms with Gasteiger partial charge >= 0.3 is 5.97 Å². The van der Waals surface area contributed by atoms with Gasteiger partial charge in [0.1, 0.15) is 6.54 Å². The van der Waals surface area contributed by atoms with E-state index in [1.54, 1.807) is 18.3 Å². The molecular weight excluding hydrogens is 526 g/mol. The number of esters is 1. The predicted molar refractivity (Wildman–Crippen MR) is 169 cm³/mol. The van der Waals surface area contributed by atoms with Crippen LogP contribution in [0.1, 0.15) is 104 Å². The number of fused-ring (bicyclic) bond motifs is 1. The van der Waals surface area contributed by atoms with Crippen LogP contribution in [0.3, 0.4) is 0 Å². The summed E-state index contributed by atoms with van der Waals surface area (Å²) in [5, 5.41) is 0. The molecule has 0 atom stereocenters. The number of unbranched alkanes of at least 4 members (excludes halogenated alkanes) is 2. The highest BCUT2D eigenvalue weighted by atomic mass is 16.5. The normalized spacial score (nSPS) is 11.3. The molecule has 2 heterocycles. The van der Waals surface area contributed by atoms with E-state index in [0.29, 0.717) is 23.4 Å². The van der Waals surface area contributed by atoms with Gasteiger partial charge in [0.05, 0.1) is 12.8 Å². The number of likely N-dealkylation sites (N-methyl/N-ethyl adjacent to an activating group) is 1. The number of rotatable bonds is 18. The fraction of sp³-hybridized carbons (Fsp3) is 0.514. The maximum absolute atomic E-state index is 13.9. The molecule has 0 aliphatic carbocycles. The summed E-state index contributed by atoms with van der Waals surface area (Å²) in [4.78, 5) is 42.8. The summed E-state index contributed by atoms with van der Waals surface area (Å²) in [5.41, 5.74) is 4.82. The van der Waals surface area contributed by atoms with Crippen LogP contribution in [0, 0.1) is 0 Å². The van der Waals surface area contributed by atoms with E-state index in [4.69, 9.17) is 4.74 Å². The molecule has 0 fully saturated rings. The van der Waals surface area contributed by atoms with Crippen LogP contribution >= 0.6 is 0 Å². The third-order valence-corrected chi connectivity index (χ3v) is 7.85. The number of hydrogen-bond acceptors (Lipinski definition) is 5. The maximum atomic E-state index is 13.9. The van der Waals surface area contributed by atoms with Crippen LogP contribution in [0.4, 0.5) is 0 Å². The first-order valence-electron chi connectivity index (χ1n) is 15.7. The van der Waals surface area contributed by atoms with Gasteiger partial charge in [-0.05, 0) is 94.4 Å². The molecule has 0 radical (unpaired) electrons. The zero-order valence-corrected chi connectivity index (χ0v) is 26.3. The summed E-state index contributed by atoms with van der Waals surface area (Å²) in [6.45, 7) is 12.2. The Morgan fingerprint density at radius 1 is 0.786 bits per heavy atom. The van der Waals surface area contributed by atoms with Gasteiger partial charge in [0, 0.05) is 29.4 Å². The SMILES string of the molecule is CCCCc1cc2cc(C(=O)N(CC)CC(=O)OC)ccn2c1C(=O)c1ccc(CCCN(CCC)CCCC)cc1. The topological polar surface area (TPSA) is 71.3 Å². The number of carbonyl (C=O) groups excluding carboxylic acids is 3. The molecular formula is C35H49N3O4. The van der Waals surface area contributed by atoms with E-state index >= 15 is 0 Å². The Bertz CT molecular complexity index is 1310. The molecule has 0 spiro atoms. The summed E-state index contributed by atoms with van der Waals surface area (Å²) in [7, 11) is 1.31. The summed E-state index contributed by atoms with van der Waals surface area (Å²) in [6.07, 6.45) is 10.3. The fourth-order valence-electron chi connectivity index (χ4n) is 5.41. The van der Waals surface area contributed by atoms with Gasteiger partial charge in [-0.2, -0.15) is 0 Å². The number of benzene rings is 1. The van der Waals surface area contributed by atoms with E-state index in [-0.39, 0.29) is 18.2 Å². The third-order valence-electron chi connectivity index (χ3n) is 7.85. The van der Waals surface area contributed by atoms with Gasteiger partial charge in [0.15, 0.2) is 0 Å². The smallest absolute Gasteiger partial charge is 0.325 e. The Labute approximate surface area is 251 Å². The van der Waals surface area contributed by atoms with Gasteiger partial charge in [0.2, 0.25) is 5.78 Å². The second-order valence-electron chi connectivity index (χ2n) is 11.1. The number of hydrogen-bond donors (Lipinski definition) is 0. The molecule has 0 bridgehead atoms. The van der Waals surface area contributed by atoms with E-state index < -0.39 is 5.97 Å². The number of aromatic nitrogens is 1. The van der Waals surface area contributed by atoms with Crippen molar-refractivity contribution in [3.05, 3.63) is 76.6 Å². The molecule has 42 heavy (non-hydrogen) atoms. The van der Waals surface area contributed by atoms with Crippen LogP contribution in [0.5, 0.6) is 0 Å². The second kappa shape index (κ2) is 16.9. The molecule has 228 valence electrons. The van der Waals surface area contributed by atoms with Crippen LogP contribution in [0.25, 0.3) is 5.52 Å². The molecule has 7 heteroatoms. The molecule has 2 aromatic heterocycles. The minimum absolute atomic E-state index is 0.0127. The van der Waals surface area contributed by atoms with Crippen LogP contribution < -0.4 is 0 Å². The third kappa shape index (κ3) is 8.78. The average Bonchev–Trinajstić information content (AvgIpc) is 3.38. The molecule has 1 aromatic carbocycles. The Balaban J connectivity index is 1.80. The lowest BCUT2D eigenvalue weighted by Gasteiger charge is -2.21. The summed E-state index contributed by atoms with van der Waals surface area (Å²) < 4.78 is 6.64. The van der Waals surface area contributed by atoms with Crippen molar-refractivity contribution in [3.8, 4) is 0 Å². The van der Waals surface area contributed by atoms with Gasteiger partial charge in [-0.15, -0.1) is 0 Å². The molecule has 3 rings (SSSR count). The first-order chi connectivity index (χ1) is 20.4. The number of amides is 1. The van der Waals surface area contributed by atoms with Gasteiger partial charge < -0.3 is 18.9 Å². The standard InChI is InChI=1S/C35H49N3O4/c1-6-10-14-29-24-31-25-30(35(41)37(9-4)26-32(39)42-5)19-23-38(31)33(29)34(40)28-17-15-27(16-18-28)13-12-22-36(20-8-3)21-11-7-2/h15-19,23-25H,6-14,20-22,26H2,1-5H3. The van der Waals surface area contributed by atoms with Gasteiger partial charge in [-0.25, -0.2) is 0 Å². The van der Waals surface area contributed by atoms with Gasteiger partial charge in [-0.1, -0.05) is 57.9 Å². The number of pyridine rings is 1. The number of ketones is 1. The van der Waals surface area contributed by atoms with Crippen molar-refractivity contribution >= 4 is 23.2 Å². The molecule has 7 nitrogen and oxygen atoms in total. The summed E-state index contributed by atoms with van der Waals surface area (Å²) in [5.74, 6) is -0.713. The number of aryl methyl sites for hydroxylation is 2. The number of methoxy groups -OCH3 is 1. The Morgan fingerprint density at radius 3 is 2.14 bits per heavy atom. The lowest BCUT2D eigenvalue weighted by Crippen LogP contribution is -2.36. The highest BCUT2D eigenvalue weighted by molar-refractivity contribution is 6.10. The first kappa shape index (κ1) is 33.1. The monoisotopic (exact) mass is 575 g/mol. The maximum Gasteiger partial charge on any atom is 0.325 e. The van der Waals surface area contributed by atoms with E-state index in [1.807, 2.05) is 29.5 Å². The zero-order chi connectivity index (χ0) is 30.5. The Morgan fingerprint density at radius 2 is 1.50 bits per heavy atom. The molecule has 0 saturated carbocycles. The van der Waals surface area contributed by atoms with Crippen molar-refractivity contribution in [2.75, 3.05) is 39.8 Å². The number of ether oxygens (including phenoxy) is 1. The zero-order valence-electron chi connectivity index (χ0n) is 26.3. The van der Waals surface area contributed by atoms with E-state index in [1.165, 1.54) is 43.4 Å². The molecule has 0 saturated heterocycles. The second-order valence-corrected chi connectivity index (χ2v) is 11.1. The number of carbonyl (C=O) groups is 3. The van der Waals surface area contributed by atoms with E-state index in [0.717, 1.165) is 56.3 Å². The van der Waals surface area contributed by atoms with Crippen LogP contribution in [0.2, 0.25) is 0 Å². The van der Waals surface area contributed by atoms with Crippen LogP contribution in [-0.2, 0) is 22.4 Å². The largest absolute Gasteiger partial charge is 0.468 e. The molecule has 0 aliphatic heterocycles. The minimum atomic E-state index is -0.458. The molecule has 0 aliphatic rings. The van der Waals surface area contributed by atoms with Crippen LogP contribution in [0.15, 0.2) is 48.7 Å². The lowest BCUT2D eigenvalue weighted by molar-refractivity contribution is -0.141. The number of nitrogens with zero attached hydrogens (tertiary/aromatic N) is 3. The van der Waals surface area contributed by atoms with Crippen molar-refractivity contribution in [2.45, 2.75) is 79.1 Å². The Kier molecular flexibility index (Phi) is 13.3. The average molecular weight is 576 g/mol. The molecule has 0 N–H and O–H groups in total. The Hall–Kier alpha value is -3.45. The van der Waals surface area contributed by atoms with E-state index in [2.05, 4.69) is 37.8 Å². The van der Waals surface area contributed by atoms with E-state index in [9.17, 15) is 14.4 Å². The van der Waals surface area contributed by atoms with Crippen molar-refractivity contribution in [1.82, 2.24) is 14.2 Å².